The van der Waals surface area contributed by atoms with Crippen LogP contribution in [0.2, 0.25) is 15.1 Å². The molecule has 1 N–H and O–H groups in total. The van der Waals surface area contributed by atoms with Gasteiger partial charge in [-0.15, -0.1) is 0 Å². The summed E-state index contributed by atoms with van der Waals surface area (Å²) in [6, 6.07) is 21.4. The minimum atomic E-state index is -0.720. The largest absolute Gasteiger partial charge is 0.354 e. The van der Waals surface area contributed by atoms with Crippen molar-refractivity contribution in [3.05, 3.63) is 105 Å². The Bertz CT molecular complexity index is 1150. The van der Waals surface area contributed by atoms with Gasteiger partial charge in [0.2, 0.25) is 11.8 Å². The van der Waals surface area contributed by atoms with Crippen molar-refractivity contribution < 1.29 is 9.59 Å². The Kier molecular flexibility index (Phi) is 10.0. The molecule has 3 rings (SSSR count). The van der Waals surface area contributed by atoms with Gasteiger partial charge in [0.05, 0.1) is 16.5 Å². The number of hydrogen-bond acceptors (Lipinski definition) is 2. The summed E-state index contributed by atoms with van der Waals surface area (Å²) in [6.45, 7) is 4.78. The van der Waals surface area contributed by atoms with Crippen LogP contribution < -0.4 is 5.32 Å². The molecule has 3 aromatic carbocycles. The zero-order valence-corrected chi connectivity index (χ0v) is 22.1. The fourth-order valence-corrected chi connectivity index (χ4v) is 4.23. The van der Waals surface area contributed by atoms with Crippen LogP contribution in [0.1, 0.15) is 30.5 Å². The molecule has 184 valence electrons. The van der Waals surface area contributed by atoms with Gasteiger partial charge in [-0.05, 0) is 40.8 Å². The van der Waals surface area contributed by atoms with E-state index in [1.807, 2.05) is 62.4 Å². The number of nitrogens with one attached hydrogen (secondary N) is 1. The van der Waals surface area contributed by atoms with Crippen LogP contribution in [0.15, 0.2) is 72.8 Å². The van der Waals surface area contributed by atoms with Crippen molar-refractivity contribution in [3.63, 3.8) is 0 Å². The van der Waals surface area contributed by atoms with E-state index in [0.717, 1.165) is 16.7 Å². The van der Waals surface area contributed by atoms with Crippen molar-refractivity contribution in [1.82, 2.24) is 10.2 Å². The van der Waals surface area contributed by atoms with Gasteiger partial charge < -0.3 is 10.2 Å². The first-order valence-electron chi connectivity index (χ1n) is 11.5. The third-order valence-electron chi connectivity index (χ3n) is 5.59. The lowest BCUT2D eigenvalue weighted by molar-refractivity contribution is -0.140. The van der Waals surface area contributed by atoms with Gasteiger partial charge in [-0.2, -0.15) is 0 Å². The average molecular weight is 532 g/mol. The van der Waals surface area contributed by atoms with Crippen molar-refractivity contribution in [1.29, 1.82) is 0 Å². The third-order valence-corrected chi connectivity index (χ3v) is 6.70. The van der Waals surface area contributed by atoms with Gasteiger partial charge in [-0.25, -0.2) is 0 Å². The fourth-order valence-electron chi connectivity index (χ4n) is 3.71. The standard InChI is InChI=1S/C28H29Cl3N2O2/c1-19(2)17-32-28(35)26(15-20-8-4-3-5-9-20)33(18-22-10-6-7-11-23(22)29)27(34)16-21-12-13-24(30)25(31)14-21/h3-14,19,26H,15-18H2,1-2H3,(H,32,35). The molecule has 2 amide bonds. The van der Waals surface area contributed by atoms with Crippen LogP contribution in [0.3, 0.4) is 0 Å². The second kappa shape index (κ2) is 13.0. The molecule has 3 aromatic rings. The molecule has 0 saturated heterocycles. The Labute approximate surface area is 222 Å². The highest BCUT2D eigenvalue weighted by Gasteiger charge is 2.31. The Balaban J connectivity index is 1.98. The van der Waals surface area contributed by atoms with Crippen molar-refractivity contribution in [2.45, 2.75) is 39.3 Å². The minimum Gasteiger partial charge on any atom is -0.354 e. The summed E-state index contributed by atoms with van der Waals surface area (Å²) >= 11 is 18.7. The number of carbonyl (C=O) groups excluding carboxylic acids is 2. The molecule has 1 unspecified atom stereocenters. The van der Waals surface area contributed by atoms with Crippen molar-refractivity contribution in [3.8, 4) is 0 Å². The van der Waals surface area contributed by atoms with Crippen molar-refractivity contribution >= 4 is 46.6 Å². The lowest BCUT2D eigenvalue weighted by Gasteiger charge is -2.32. The van der Waals surface area contributed by atoms with Crippen molar-refractivity contribution in [2.24, 2.45) is 5.92 Å². The summed E-state index contributed by atoms with van der Waals surface area (Å²) in [5.74, 6) is -0.124. The molecule has 0 aliphatic rings. The number of hydrogen-bond donors (Lipinski definition) is 1. The fraction of sp³-hybridized carbons (Fsp3) is 0.286. The van der Waals surface area contributed by atoms with E-state index in [4.69, 9.17) is 34.8 Å². The molecule has 35 heavy (non-hydrogen) atoms. The van der Waals surface area contributed by atoms with Crippen LogP contribution in [0, 0.1) is 5.92 Å². The first-order valence-corrected chi connectivity index (χ1v) is 12.7. The average Bonchev–Trinajstić information content (AvgIpc) is 2.83. The molecule has 0 saturated carbocycles. The van der Waals surface area contributed by atoms with E-state index in [1.54, 1.807) is 29.2 Å². The molecule has 0 bridgehead atoms. The highest BCUT2D eigenvalue weighted by atomic mass is 35.5. The molecule has 7 heteroatoms. The van der Waals surface area contributed by atoms with Gasteiger partial charge in [0.1, 0.15) is 6.04 Å². The summed E-state index contributed by atoms with van der Waals surface area (Å²) in [7, 11) is 0. The van der Waals surface area contributed by atoms with Crippen LogP contribution in [-0.2, 0) is 29.0 Å². The molecular formula is C28H29Cl3N2O2. The molecule has 1 atom stereocenters. The SMILES string of the molecule is CC(C)CNC(=O)C(Cc1ccccc1)N(Cc1ccccc1Cl)C(=O)Cc1ccc(Cl)c(Cl)c1. The minimum absolute atomic E-state index is 0.0735. The molecule has 0 fully saturated rings. The molecule has 0 spiro atoms. The zero-order valence-electron chi connectivity index (χ0n) is 19.8. The maximum Gasteiger partial charge on any atom is 0.243 e. The Hall–Kier alpha value is -2.53. The Morgan fingerprint density at radius 2 is 1.51 bits per heavy atom. The summed E-state index contributed by atoms with van der Waals surface area (Å²) in [5, 5.41) is 4.36. The molecule has 0 aliphatic heterocycles. The topological polar surface area (TPSA) is 49.4 Å². The van der Waals surface area contributed by atoms with E-state index in [2.05, 4.69) is 5.32 Å². The van der Waals surface area contributed by atoms with Gasteiger partial charge in [0.15, 0.2) is 0 Å². The van der Waals surface area contributed by atoms with Gasteiger partial charge in [0.25, 0.3) is 0 Å². The van der Waals surface area contributed by atoms with E-state index < -0.39 is 6.04 Å². The smallest absolute Gasteiger partial charge is 0.243 e. The molecule has 0 aliphatic carbocycles. The number of halogens is 3. The van der Waals surface area contributed by atoms with Crippen LogP contribution in [0.25, 0.3) is 0 Å². The first kappa shape index (κ1) is 27.1. The lowest BCUT2D eigenvalue weighted by Crippen LogP contribution is -2.51. The van der Waals surface area contributed by atoms with Crippen LogP contribution in [-0.4, -0.2) is 29.3 Å². The summed E-state index contributed by atoms with van der Waals surface area (Å²) in [6.07, 6.45) is 0.451. The zero-order chi connectivity index (χ0) is 25.4. The lowest BCUT2D eigenvalue weighted by atomic mass is 10.0. The number of rotatable bonds is 10. The predicted molar refractivity (Wildman–Crippen MR) is 144 cm³/mol. The quantitative estimate of drug-likeness (QED) is 0.320. The second-order valence-electron chi connectivity index (χ2n) is 8.88. The highest BCUT2D eigenvalue weighted by Crippen LogP contribution is 2.25. The van der Waals surface area contributed by atoms with Crippen LogP contribution in [0.5, 0.6) is 0 Å². The molecule has 4 nitrogen and oxygen atoms in total. The molecule has 0 aromatic heterocycles. The molecule has 0 radical (unpaired) electrons. The summed E-state index contributed by atoms with van der Waals surface area (Å²) in [4.78, 5) is 28.8. The Morgan fingerprint density at radius 1 is 0.829 bits per heavy atom. The number of benzene rings is 3. The molecule has 0 heterocycles. The first-order chi connectivity index (χ1) is 16.7. The third kappa shape index (κ3) is 7.99. The van der Waals surface area contributed by atoms with E-state index in [0.29, 0.717) is 28.0 Å². The maximum atomic E-state index is 13.7. The second-order valence-corrected chi connectivity index (χ2v) is 10.1. The van der Waals surface area contributed by atoms with Gasteiger partial charge in [-0.1, -0.05) is 103 Å². The number of amides is 2. The van der Waals surface area contributed by atoms with E-state index in [9.17, 15) is 9.59 Å². The maximum absolute atomic E-state index is 13.7. The number of carbonyl (C=O) groups is 2. The highest BCUT2D eigenvalue weighted by molar-refractivity contribution is 6.42. The number of nitrogens with zero attached hydrogens (tertiary/aromatic N) is 1. The normalized spacial score (nSPS) is 11.8. The van der Waals surface area contributed by atoms with Gasteiger partial charge in [0, 0.05) is 24.5 Å². The Morgan fingerprint density at radius 3 is 2.17 bits per heavy atom. The van der Waals surface area contributed by atoms with Crippen LogP contribution in [0.4, 0.5) is 0 Å². The summed E-state index contributed by atoms with van der Waals surface area (Å²) in [5.41, 5.74) is 2.45. The van der Waals surface area contributed by atoms with E-state index in [-0.39, 0.29) is 30.7 Å². The van der Waals surface area contributed by atoms with Crippen molar-refractivity contribution in [2.75, 3.05) is 6.54 Å². The van der Waals surface area contributed by atoms with E-state index >= 15 is 0 Å². The van der Waals surface area contributed by atoms with Crippen LogP contribution >= 0.6 is 34.8 Å². The van der Waals surface area contributed by atoms with E-state index in [1.165, 1.54) is 0 Å². The van der Waals surface area contributed by atoms with Gasteiger partial charge in [-0.3, -0.25) is 9.59 Å². The monoisotopic (exact) mass is 530 g/mol. The predicted octanol–water partition coefficient (Wildman–Crippen LogP) is 6.60. The molecular weight excluding hydrogens is 503 g/mol. The van der Waals surface area contributed by atoms with Gasteiger partial charge >= 0.3 is 0 Å². The summed E-state index contributed by atoms with van der Waals surface area (Å²) < 4.78 is 0.